The summed E-state index contributed by atoms with van der Waals surface area (Å²) in [5.74, 6) is -0.117. The lowest BCUT2D eigenvalue weighted by atomic mass is 9.72. The molecule has 2 heterocycles. The Bertz CT molecular complexity index is 1140. The van der Waals surface area contributed by atoms with Gasteiger partial charge >= 0.3 is 6.18 Å². The number of likely N-dealkylation sites (tertiary alicyclic amines) is 1. The number of piperidine rings is 1. The number of nitrogens with one attached hydrogen (secondary N) is 1. The monoisotopic (exact) mass is 467 g/mol. The van der Waals surface area contributed by atoms with Crippen LogP contribution >= 0.6 is 0 Å². The van der Waals surface area contributed by atoms with E-state index in [2.05, 4.69) is 17.4 Å². The lowest BCUT2D eigenvalue weighted by Crippen LogP contribution is -2.48. The second kappa shape index (κ2) is 9.79. The molecule has 0 saturated carbocycles. The van der Waals surface area contributed by atoms with E-state index in [1.165, 1.54) is 18.2 Å². The van der Waals surface area contributed by atoms with Crippen LogP contribution in [0.15, 0.2) is 79.1 Å². The molecule has 0 spiro atoms. The van der Waals surface area contributed by atoms with E-state index in [4.69, 9.17) is 0 Å². The zero-order valence-electron chi connectivity index (χ0n) is 19.1. The fraction of sp³-hybridized carbons (Fsp3) is 0.296. The summed E-state index contributed by atoms with van der Waals surface area (Å²) < 4.78 is 41.7. The zero-order valence-corrected chi connectivity index (χ0v) is 19.1. The molecule has 7 heteroatoms. The lowest BCUT2D eigenvalue weighted by molar-refractivity contribution is -0.137. The predicted octanol–water partition coefficient (Wildman–Crippen LogP) is 5.48. The molecule has 34 heavy (non-hydrogen) atoms. The molecule has 1 amide bonds. The Morgan fingerprint density at radius 2 is 1.68 bits per heavy atom. The maximum Gasteiger partial charge on any atom is 0.416 e. The van der Waals surface area contributed by atoms with Crippen LogP contribution < -0.4 is 5.32 Å². The Balaban J connectivity index is 1.48. The van der Waals surface area contributed by atoms with Gasteiger partial charge in [0, 0.05) is 38.3 Å². The van der Waals surface area contributed by atoms with Crippen LogP contribution in [-0.4, -0.2) is 35.0 Å². The van der Waals surface area contributed by atoms with Crippen molar-refractivity contribution in [1.29, 1.82) is 0 Å². The van der Waals surface area contributed by atoms with Gasteiger partial charge in [-0.1, -0.05) is 48.5 Å². The molecule has 1 aromatic heterocycles. The van der Waals surface area contributed by atoms with Crippen molar-refractivity contribution in [3.05, 3.63) is 102 Å². The number of halogens is 3. The molecule has 0 unspecified atom stereocenters. The number of hydrogen-bond donors (Lipinski definition) is 1. The van der Waals surface area contributed by atoms with E-state index < -0.39 is 11.7 Å². The van der Waals surface area contributed by atoms with Crippen molar-refractivity contribution in [3.8, 4) is 0 Å². The van der Waals surface area contributed by atoms with Crippen molar-refractivity contribution in [2.24, 2.45) is 7.05 Å². The van der Waals surface area contributed by atoms with Crippen LogP contribution in [0.4, 0.5) is 13.2 Å². The number of rotatable bonds is 6. The Morgan fingerprint density at radius 1 is 1.00 bits per heavy atom. The standard InChI is InChI=1S/C27H28F3N3O/c1-32-16-7-12-24(32)25(34)31-20-26(22-9-3-2-4-10-22)14-18-33(19-15-26)17-13-21-8-5-6-11-23(21)27(28,29)30/h2-13,16-17H,14-15,18-20H2,1H3,(H,31,34). The zero-order chi connectivity index (χ0) is 24.2. The van der Waals surface area contributed by atoms with E-state index in [9.17, 15) is 18.0 Å². The Hall–Kier alpha value is -3.48. The number of carbonyl (C=O) groups excluding carboxylic acids is 1. The number of amides is 1. The lowest BCUT2D eigenvalue weighted by Gasteiger charge is -2.42. The van der Waals surface area contributed by atoms with Crippen LogP contribution in [0.5, 0.6) is 0 Å². The number of alkyl halides is 3. The smallest absolute Gasteiger partial charge is 0.377 e. The third kappa shape index (κ3) is 5.19. The first-order valence-corrected chi connectivity index (χ1v) is 11.3. The van der Waals surface area contributed by atoms with Gasteiger partial charge in [0.15, 0.2) is 0 Å². The van der Waals surface area contributed by atoms with Gasteiger partial charge in [0.2, 0.25) is 0 Å². The summed E-state index contributed by atoms with van der Waals surface area (Å²) in [6, 6.07) is 19.4. The molecule has 4 rings (SSSR count). The molecular weight excluding hydrogens is 439 g/mol. The first-order valence-electron chi connectivity index (χ1n) is 11.3. The van der Waals surface area contributed by atoms with Gasteiger partial charge in [0.1, 0.15) is 5.69 Å². The fourth-order valence-corrected chi connectivity index (χ4v) is 4.58. The second-order valence-corrected chi connectivity index (χ2v) is 8.77. The summed E-state index contributed by atoms with van der Waals surface area (Å²) in [7, 11) is 1.84. The van der Waals surface area contributed by atoms with Crippen LogP contribution in [0.2, 0.25) is 0 Å². The summed E-state index contributed by atoms with van der Waals surface area (Å²) in [6.45, 7) is 1.86. The molecule has 1 aliphatic rings. The first kappa shape index (κ1) is 23.7. The van der Waals surface area contributed by atoms with Gasteiger partial charge in [-0.3, -0.25) is 4.79 Å². The topological polar surface area (TPSA) is 37.3 Å². The SMILES string of the molecule is Cn1cccc1C(=O)NCC1(c2ccccc2)CCN(C=Cc2ccccc2C(F)(F)F)CC1. The highest BCUT2D eigenvalue weighted by molar-refractivity contribution is 5.92. The van der Waals surface area contributed by atoms with Gasteiger partial charge in [-0.25, -0.2) is 0 Å². The molecule has 0 atom stereocenters. The van der Waals surface area contributed by atoms with E-state index in [1.807, 2.05) is 42.4 Å². The van der Waals surface area contributed by atoms with Crippen molar-refractivity contribution in [2.45, 2.75) is 24.4 Å². The molecule has 2 aromatic carbocycles. The predicted molar refractivity (Wildman–Crippen MR) is 127 cm³/mol. The summed E-state index contributed by atoms with van der Waals surface area (Å²) in [5, 5.41) is 3.11. The molecular formula is C27H28F3N3O. The second-order valence-electron chi connectivity index (χ2n) is 8.77. The van der Waals surface area contributed by atoms with Gasteiger partial charge in [-0.05, 0) is 54.4 Å². The summed E-state index contributed by atoms with van der Waals surface area (Å²) in [6.07, 6.45) is 2.29. The number of benzene rings is 2. The van der Waals surface area contributed by atoms with Crippen LogP contribution in [0.1, 0.15) is 40.0 Å². The van der Waals surface area contributed by atoms with E-state index >= 15 is 0 Å². The number of nitrogens with zero attached hydrogens (tertiary/aromatic N) is 2. The van der Waals surface area contributed by atoms with Gasteiger partial charge in [-0.15, -0.1) is 0 Å². The maximum atomic E-state index is 13.3. The van der Waals surface area contributed by atoms with Gasteiger partial charge in [-0.2, -0.15) is 13.2 Å². The molecule has 1 saturated heterocycles. The number of carbonyl (C=O) groups is 1. The van der Waals surface area contributed by atoms with Crippen LogP contribution in [0.25, 0.3) is 6.08 Å². The molecule has 0 aliphatic carbocycles. The van der Waals surface area contributed by atoms with Crippen LogP contribution in [0, 0.1) is 0 Å². The molecule has 0 bridgehead atoms. The van der Waals surface area contributed by atoms with E-state index in [1.54, 1.807) is 22.9 Å². The normalized spacial score (nSPS) is 16.1. The molecule has 4 nitrogen and oxygen atoms in total. The van der Waals surface area contributed by atoms with Crippen molar-refractivity contribution in [2.75, 3.05) is 19.6 Å². The molecule has 3 aromatic rings. The van der Waals surface area contributed by atoms with Gasteiger partial charge in [0.05, 0.1) is 5.56 Å². The molecule has 178 valence electrons. The largest absolute Gasteiger partial charge is 0.416 e. The van der Waals surface area contributed by atoms with E-state index in [0.29, 0.717) is 25.3 Å². The van der Waals surface area contributed by atoms with E-state index in [-0.39, 0.29) is 16.9 Å². The van der Waals surface area contributed by atoms with E-state index in [0.717, 1.165) is 24.5 Å². The van der Waals surface area contributed by atoms with Crippen molar-refractivity contribution < 1.29 is 18.0 Å². The Labute approximate surface area is 197 Å². The van der Waals surface area contributed by atoms with Crippen molar-refractivity contribution in [3.63, 3.8) is 0 Å². The minimum Gasteiger partial charge on any atom is -0.377 e. The Kier molecular flexibility index (Phi) is 6.82. The summed E-state index contributed by atoms with van der Waals surface area (Å²) >= 11 is 0. The number of hydrogen-bond acceptors (Lipinski definition) is 2. The summed E-state index contributed by atoms with van der Waals surface area (Å²) in [4.78, 5) is 14.8. The molecule has 1 fully saturated rings. The third-order valence-corrected chi connectivity index (χ3v) is 6.64. The highest BCUT2D eigenvalue weighted by atomic mass is 19.4. The summed E-state index contributed by atoms with van der Waals surface area (Å²) in [5.41, 5.74) is 1.05. The molecule has 1 aliphatic heterocycles. The van der Waals surface area contributed by atoms with Gasteiger partial charge in [0.25, 0.3) is 5.91 Å². The average molecular weight is 468 g/mol. The van der Waals surface area contributed by atoms with Crippen molar-refractivity contribution in [1.82, 2.24) is 14.8 Å². The number of aryl methyl sites for hydroxylation is 1. The van der Waals surface area contributed by atoms with Crippen LogP contribution in [-0.2, 0) is 18.6 Å². The van der Waals surface area contributed by atoms with Crippen molar-refractivity contribution >= 4 is 12.0 Å². The average Bonchev–Trinajstić information content (AvgIpc) is 3.28. The minimum atomic E-state index is -4.39. The molecule has 1 N–H and O–H groups in total. The fourth-order valence-electron chi connectivity index (χ4n) is 4.58. The third-order valence-electron chi connectivity index (χ3n) is 6.64. The maximum absolute atomic E-state index is 13.3. The highest BCUT2D eigenvalue weighted by Crippen LogP contribution is 2.36. The Morgan fingerprint density at radius 3 is 2.32 bits per heavy atom. The van der Waals surface area contributed by atoms with Crippen LogP contribution in [0.3, 0.4) is 0 Å². The minimum absolute atomic E-state index is 0.117. The number of aromatic nitrogens is 1. The highest BCUT2D eigenvalue weighted by Gasteiger charge is 2.36. The quantitative estimate of drug-likeness (QED) is 0.521. The van der Waals surface area contributed by atoms with Gasteiger partial charge < -0.3 is 14.8 Å². The first-order chi connectivity index (χ1) is 16.3. The molecule has 0 radical (unpaired) electrons.